The summed E-state index contributed by atoms with van der Waals surface area (Å²) < 4.78 is 0. The fourth-order valence-electron chi connectivity index (χ4n) is 3.28. The molecule has 8 N–H and O–H groups in total. The minimum atomic E-state index is -0.773. The molecule has 0 aliphatic heterocycles. The number of carbonyl (C=O) groups is 2. The molecule has 2 aromatic carbocycles. The fourth-order valence-corrected chi connectivity index (χ4v) is 3.28. The normalized spacial score (nSPS) is 14.4. The van der Waals surface area contributed by atoms with E-state index in [-0.39, 0.29) is 29.3 Å². The first kappa shape index (κ1) is 18.8. The molecule has 1 heterocycles. The van der Waals surface area contributed by atoms with Crippen LogP contribution in [0.3, 0.4) is 0 Å². The molecular weight excluding hydrogens is 366 g/mol. The van der Waals surface area contributed by atoms with Crippen molar-refractivity contribution in [3.8, 4) is 11.1 Å². The van der Waals surface area contributed by atoms with Crippen LogP contribution in [0.5, 0.6) is 0 Å². The van der Waals surface area contributed by atoms with Gasteiger partial charge in [-0.1, -0.05) is 30.3 Å². The molecule has 1 fully saturated rings. The quantitative estimate of drug-likeness (QED) is 0.471. The van der Waals surface area contributed by atoms with E-state index >= 15 is 0 Å². The van der Waals surface area contributed by atoms with Gasteiger partial charge in [-0.25, -0.2) is 4.79 Å². The van der Waals surface area contributed by atoms with Gasteiger partial charge in [-0.3, -0.25) is 10.1 Å². The summed E-state index contributed by atoms with van der Waals surface area (Å²) in [5.74, 6) is -0.446. The van der Waals surface area contributed by atoms with E-state index in [1.54, 1.807) is 6.07 Å². The predicted octanol–water partition coefficient (Wildman–Crippen LogP) is 2.79. The maximum absolute atomic E-state index is 11.8. The van der Waals surface area contributed by atoms with Gasteiger partial charge in [0.25, 0.3) is 5.91 Å². The lowest BCUT2D eigenvalue weighted by atomic mass is 9.97. The maximum atomic E-state index is 11.8. The van der Waals surface area contributed by atoms with Crippen molar-refractivity contribution in [3.05, 3.63) is 53.6 Å². The van der Waals surface area contributed by atoms with Gasteiger partial charge in [0.2, 0.25) is 0 Å². The second-order valence-corrected chi connectivity index (χ2v) is 6.73. The molecule has 4 rings (SSSR count). The van der Waals surface area contributed by atoms with E-state index in [0.29, 0.717) is 10.9 Å². The molecule has 1 saturated carbocycles. The minimum Gasteiger partial charge on any atom is -0.365 e. The van der Waals surface area contributed by atoms with Crippen LogP contribution in [0.4, 0.5) is 10.6 Å². The summed E-state index contributed by atoms with van der Waals surface area (Å²) in [5, 5.41) is 3.03. The predicted molar refractivity (Wildman–Crippen MR) is 108 cm³/mol. The molecule has 0 radical (unpaired) electrons. The van der Waals surface area contributed by atoms with E-state index in [2.05, 4.69) is 16.4 Å². The van der Waals surface area contributed by atoms with Gasteiger partial charge < -0.3 is 22.2 Å². The van der Waals surface area contributed by atoms with Crippen LogP contribution in [-0.2, 0) is 5.54 Å². The lowest BCUT2D eigenvalue weighted by molar-refractivity contribution is 0.100. The number of amides is 3. The molecule has 3 amide bonds. The number of H-pyrrole nitrogens is 1. The third-order valence-electron chi connectivity index (χ3n) is 4.85. The number of aromatic nitrogens is 1. The Hall–Kier alpha value is -3.03. The maximum Gasteiger partial charge on any atom is 0.317 e. The summed E-state index contributed by atoms with van der Waals surface area (Å²) in [6, 6.07) is 13.0. The van der Waals surface area contributed by atoms with E-state index < -0.39 is 11.9 Å². The van der Waals surface area contributed by atoms with E-state index in [4.69, 9.17) is 17.2 Å². The summed E-state index contributed by atoms with van der Waals surface area (Å²) >= 11 is 0. The van der Waals surface area contributed by atoms with Crippen LogP contribution in [0.15, 0.2) is 42.5 Å². The smallest absolute Gasteiger partial charge is 0.317 e. The molecule has 8 heteroatoms. The summed E-state index contributed by atoms with van der Waals surface area (Å²) in [7, 11) is 0. The van der Waals surface area contributed by atoms with Gasteiger partial charge in [0.1, 0.15) is 5.82 Å². The number of carbonyl (C=O) groups excluding carboxylic acids is 2. The molecule has 0 bridgehead atoms. The minimum absolute atomic E-state index is 0. The molecule has 1 aliphatic rings. The van der Waals surface area contributed by atoms with Crippen LogP contribution in [0.25, 0.3) is 22.0 Å². The first-order valence-electron chi connectivity index (χ1n) is 8.29. The van der Waals surface area contributed by atoms with E-state index in [1.165, 1.54) is 0 Å². The van der Waals surface area contributed by atoms with Crippen molar-refractivity contribution >= 4 is 41.1 Å². The number of hydrogen-bond acceptors (Lipinski definition) is 3. The highest BCUT2D eigenvalue weighted by Crippen LogP contribution is 2.43. The van der Waals surface area contributed by atoms with Crippen molar-refractivity contribution in [2.45, 2.75) is 18.4 Å². The number of aromatic amines is 1. The lowest BCUT2D eigenvalue weighted by Crippen LogP contribution is -2.22. The second-order valence-electron chi connectivity index (χ2n) is 6.73. The molecule has 0 saturated heterocycles. The molecule has 0 unspecified atom stereocenters. The Balaban J connectivity index is 0.00000210. The number of nitrogens with one attached hydrogen (secondary N) is 2. The highest BCUT2D eigenvalue weighted by Gasteiger charge is 2.39. The number of fused-ring (bicyclic) bond motifs is 1. The Morgan fingerprint density at radius 1 is 1.04 bits per heavy atom. The number of nitrogens with two attached hydrogens (primary N) is 3. The van der Waals surface area contributed by atoms with Crippen molar-refractivity contribution in [2.75, 3.05) is 5.32 Å². The van der Waals surface area contributed by atoms with Crippen molar-refractivity contribution in [2.24, 2.45) is 17.2 Å². The summed E-state index contributed by atoms with van der Waals surface area (Å²) in [5.41, 5.74) is 20.7. The topological polar surface area (TPSA) is 140 Å². The van der Waals surface area contributed by atoms with Crippen LogP contribution >= 0.6 is 12.4 Å². The van der Waals surface area contributed by atoms with Gasteiger partial charge in [0.05, 0.1) is 5.56 Å². The molecule has 3 aromatic rings. The highest BCUT2D eigenvalue weighted by atomic mass is 35.5. The zero-order valence-corrected chi connectivity index (χ0v) is 15.2. The van der Waals surface area contributed by atoms with Gasteiger partial charge in [0, 0.05) is 16.4 Å². The van der Waals surface area contributed by atoms with Gasteiger partial charge >= 0.3 is 6.03 Å². The summed E-state index contributed by atoms with van der Waals surface area (Å²) in [6.07, 6.45) is 1.99. The van der Waals surface area contributed by atoms with Crippen molar-refractivity contribution in [1.29, 1.82) is 0 Å². The van der Waals surface area contributed by atoms with Crippen LogP contribution < -0.4 is 22.5 Å². The van der Waals surface area contributed by atoms with E-state index in [9.17, 15) is 9.59 Å². The van der Waals surface area contributed by atoms with Crippen LogP contribution in [-0.4, -0.2) is 16.9 Å². The van der Waals surface area contributed by atoms with Crippen LogP contribution in [0.2, 0.25) is 0 Å². The molecule has 0 spiro atoms. The molecule has 7 nitrogen and oxygen atoms in total. The number of hydrogen-bond donors (Lipinski definition) is 5. The highest BCUT2D eigenvalue weighted by molar-refractivity contribution is 6.13. The average molecular weight is 386 g/mol. The van der Waals surface area contributed by atoms with E-state index in [0.717, 1.165) is 29.5 Å². The number of anilines is 1. The average Bonchev–Trinajstić information content (AvgIpc) is 3.24. The van der Waals surface area contributed by atoms with Gasteiger partial charge in [-0.15, -0.1) is 12.4 Å². The largest absolute Gasteiger partial charge is 0.365 e. The Labute approximate surface area is 161 Å². The zero-order valence-electron chi connectivity index (χ0n) is 14.4. The van der Waals surface area contributed by atoms with Crippen molar-refractivity contribution in [3.63, 3.8) is 0 Å². The van der Waals surface area contributed by atoms with Gasteiger partial charge in [-0.2, -0.15) is 0 Å². The number of benzene rings is 2. The third kappa shape index (κ3) is 3.34. The first-order chi connectivity index (χ1) is 12.4. The van der Waals surface area contributed by atoms with Crippen molar-refractivity contribution in [1.82, 2.24) is 4.98 Å². The summed E-state index contributed by atoms with van der Waals surface area (Å²) in [4.78, 5) is 26.0. The number of halogens is 1. The fraction of sp³-hybridized carbons (Fsp3) is 0.158. The monoisotopic (exact) mass is 385 g/mol. The van der Waals surface area contributed by atoms with Gasteiger partial charge in [-0.05, 0) is 41.7 Å². The standard InChI is InChI=1S/C19H19N5O2.ClH/c20-16(25)15-13-5-4-11(9-14(13)23-17(15)24-18(21)26)10-2-1-3-12(8-10)19(22)6-7-19;/h1-5,8-9,23H,6-7,22H2,(H2,20,25)(H3,21,24,26);1H. The molecule has 0 atom stereocenters. The summed E-state index contributed by atoms with van der Waals surface area (Å²) in [6.45, 7) is 0. The number of urea groups is 1. The Morgan fingerprint density at radius 2 is 1.74 bits per heavy atom. The lowest BCUT2D eigenvalue weighted by Gasteiger charge is -2.11. The van der Waals surface area contributed by atoms with Crippen LogP contribution in [0, 0.1) is 0 Å². The number of primary amides is 2. The zero-order chi connectivity index (χ0) is 18.5. The molecular formula is C19H20ClN5O2. The van der Waals surface area contributed by atoms with Crippen molar-refractivity contribution < 1.29 is 9.59 Å². The SMILES string of the molecule is Cl.NC(=O)Nc1[nH]c2cc(-c3cccc(C4(N)CC4)c3)ccc2c1C(N)=O. The molecule has 1 aromatic heterocycles. The van der Waals surface area contributed by atoms with Gasteiger partial charge in [0.15, 0.2) is 0 Å². The first-order valence-corrected chi connectivity index (χ1v) is 8.29. The number of rotatable bonds is 4. The molecule has 1 aliphatic carbocycles. The Morgan fingerprint density at radius 3 is 2.37 bits per heavy atom. The second kappa shape index (κ2) is 6.61. The third-order valence-corrected chi connectivity index (χ3v) is 4.85. The Bertz CT molecular complexity index is 1060. The van der Waals surface area contributed by atoms with E-state index in [1.807, 2.05) is 30.3 Å². The molecule has 140 valence electrons. The Kier molecular flexibility index (Phi) is 4.59. The van der Waals surface area contributed by atoms with Crippen LogP contribution in [0.1, 0.15) is 28.8 Å². The molecule has 27 heavy (non-hydrogen) atoms.